The Hall–Kier alpha value is -2.30. The molecule has 0 aliphatic heterocycles. The number of furan rings is 1. The zero-order valence-electron chi connectivity index (χ0n) is 13.3. The van der Waals surface area contributed by atoms with Crippen LogP contribution in [-0.4, -0.2) is 16.8 Å². The minimum absolute atomic E-state index is 0.254. The third-order valence-corrected chi connectivity index (χ3v) is 4.06. The lowest BCUT2D eigenvalue weighted by molar-refractivity contribution is 0.0332. The van der Waals surface area contributed by atoms with Crippen LogP contribution in [0.2, 0.25) is 0 Å². The van der Waals surface area contributed by atoms with Crippen molar-refractivity contribution in [3.63, 3.8) is 0 Å². The Morgan fingerprint density at radius 3 is 2.61 bits per heavy atom. The van der Waals surface area contributed by atoms with Crippen molar-refractivity contribution in [3.05, 3.63) is 65.6 Å². The number of hydrogen-bond donors (Lipinski definition) is 3. The monoisotopic (exact) mass is 311 g/mol. The highest BCUT2D eigenvalue weighted by atomic mass is 16.4. The molecule has 0 radical (unpaired) electrons. The average Bonchev–Trinajstić information content (AvgIpc) is 2.97. The first-order valence-electron chi connectivity index (χ1n) is 7.67. The summed E-state index contributed by atoms with van der Waals surface area (Å²) < 4.78 is 5.51. The second-order valence-corrected chi connectivity index (χ2v) is 6.07. The SMILES string of the molecule is Cc1ccc(C(C)(O)CNCc2c(O)ccc3ccccc23)o1. The Morgan fingerprint density at radius 1 is 1.09 bits per heavy atom. The zero-order chi connectivity index (χ0) is 16.4. The Morgan fingerprint density at radius 2 is 1.87 bits per heavy atom. The minimum Gasteiger partial charge on any atom is -0.508 e. The molecular formula is C19H21NO3. The number of phenols is 1. The molecule has 1 unspecified atom stereocenters. The van der Waals surface area contributed by atoms with E-state index in [0.29, 0.717) is 18.8 Å². The van der Waals surface area contributed by atoms with Crippen LogP contribution in [0.3, 0.4) is 0 Å². The standard InChI is InChI=1S/C19H21NO3/c1-13-7-10-18(23-13)19(2,22)12-20-11-16-15-6-4-3-5-14(15)8-9-17(16)21/h3-10,20-22H,11-12H2,1-2H3. The molecule has 0 aliphatic rings. The molecule has 4 heteroatoms. The van der Waals surface area contributed by atoms with Crippen molar-refractivity contribution >= 4 is 10.8 Å². The van der Waals surface area contributed by atoms with Gasteiger partial charge in [-0.15, -0.1) is 0 Å². The Kier molecular flexibility index (Phi) is 4.11. The zero-order valence-corrected chi connectivity index (χ0v) is 13.3. The lowest BCUT2D eigenvalue weighted by Crippen LogP contribution is -2.34. The van der Waals surface area contributed by atoms with E-state index in [1.165, 1.54) is 0 Å². The van der Waals surface area contributed by atoms with E-state index < -0.39 is 5.60 Å². The maximum Gasteiger partial charge on any atom is 0.136 e. The first-order valence-corrected chi connectivity index (χ1v) is 7.67. The first-order chi connectivity index (χ1) is 11.0. The number of phenolic OH excluding ortho intramolecular Hbond substituents is 1. The van der Waals surface area contributed by atoms with Crippen LogP contribution in [0.1, 0.15) is 24.0 Å². The van der Waals surface area contributed by atoms with Gasteiger partial charge in [0.1, 0.15) is 22.9 Å². The molecule has 0 amide bonds. The summed E-state index contributed by atoms with van der Waals surface area (Å²) in [4.78, 5) is 0. The van der Waals surface area contributed by atoms with Crippen molar-refractivity contribution in [2.75, 3.05) is 6.54 Å². The molecule has 1 heterocycles. The first kappa shape index (κ1) is 15.6. The summed E-state index contributed by atoms with van der Waals surface area (Å²) in [6.07, 6.45) is 0. The Bertz CT molecular complexity index is 820. The summed E-state index contributed by atoms with van der Waals surface area (Å²) >= 11 is 0. The number of aryl methyl sites for hydroxylation is 1. The Balaban J connectivity index is 1.75. The van der Waals surface area contributed by atoms with E-state index in [2.05, 4.69) is 5.32 Å². The van der Waals surface area contributed by atoms with Gasteiger partial charge in [0.25, 0.3) is 0 Å². The number of hydrogen-bond acceptors (Lipinski definition) is 4. The van der Waals surface area contributed by atoms with Gasteiger partial charge in [-0.2, -0.15) is 0 Å². The molecule has 0 saturated heterocycles. The molecular weight excluding hydrogens is 290 g/mol. The average molecular weight is 311 g/mol. The fourth-order valence-corrected chi connectivity index (χ4v) is 2.75. The highest BCUT2D eigenvalue weighted by Gasteiger charge is 2.26. The third-order valence-electron chi connectivity index (χ3n) is 4.06. The van der Waals surface area contributed by atoms with Crippen molar-refractivity contribution in [1.29, 1.82) is 0 Å². The molecule has 120 valence electrons. The molecule has 4 nitrogen and oxygen atoms in total. The van der Waals surface area contributed by atoms with Gasteiger partial charge in [-0.05, 0) is 42.8 Å². The second kappa shape index (κ2) is 6.07. The van der Waals surface area contributed by atoms with E-state index in [1.807, 2.05) is 43.3 Å². The number of nitrogens with one attached hydrogen (secondary N) is 1. The molecule has 0 fully saturated rings. The van der Waals surface area contributed by atoms with Crippen LogP contribution in [0.5, 0.6) is 5.75 Å². The predicted octanol–water partition coefficient (Wildman–Crippen LogP) is 3.44. The van der Waals surface area contributed by atoms with Gasteiger partial charge in [0.05, 0.1) is 0 Å². The van der Waals surface area contributed by atoms with Gasteiger partial charge in [0, 0.05) is 18.7 Å². The van der Waals surface area contributed by atoms with E-state index in [1.54, 1.807) is 19.1 Å². The number of aliphatic hydroxyl groups is 1. The summed E-state index contributed by atoms with van der Waals surface area (Å²) in [7, 11) is 0. The van der Waals surface area contributed by atoms with Crippen molar-refractivity contribution in [1.82, 2.24) is 5.32 Å². The van der Waals surface area contributed by atoms with E-state index in [0.717, 1.165) is 22.1 Å². The molecule has 0 spiro atoms. The summed E-state index contributed by atoms with van der Waals surface area (Å²) in [5.74, 6) is 1.56. The van der Waals surface area contributed by atoms with Crippen molar-refractivity contribution in [3.8, 4) is 5.75 Å². The summed E-state index contributed by atoms with van der Waals surface area (Å²) in [6, 6.07) is 15.1. The molecule has 0 bridgehead atoms. The highest BCUT2D eigenvalue weighted by Crippen LogP contribution is 2.27. The maximum atomic E-state index is 10.5. The Labute approximate surface area is 135 Å². The van der Waals surface area contributed by atoms with Crippen LogP contribution >= 0.6 is 0 Å². The topological polar surface area (TPSA) is 65.6 Å². The van der Waals surface area contributed by atoms with Crippen LogP contribution < -0.4 is 5.32 Å². The van der Waals surface area contributed by atoms with E-state index >= 15 is 0 Å². The smallest absolute Gasteiger partial charge is 0.136 e. The molecule has 1 atom stereocenters. The molecule has 0 saturated carbocycles. The van der Waals surface area contributed by atoms with Gasteiger partial charge in [-0.25, -0.2) is 0 Å². The molecule has 1 aromatic heterocycles. The largest absolute Gasteiger partial charge is 0.508 e. The number of aromatic hydroxyl groups is 1. The second-order valence-electron chi connectivity index (χ2n) is 6.07. The van der Waals surface area contributed by atoms with Crippen molar-refractivity contribution in [2.24, 2.45) is 0 Å². The number of benzene rings is 2. The molecule has 3 aromatic rings. The lowest BCUT2D eigenvalue weighted by Gasteiger charge is -2.22. The van der Waals surface area contributed by atoms with Gasteiger partial charge < -0.3 is 19.9 Å². The normalized spacial score (nSPS) is 14.0. The number of rotatable bonds is 5. The van der Waals surface area contributed by atoms with Crippen molar-refractivity contribution in [2.45, 2.75) is 26.0 Å². The van der Waals surface area contributed by atoms with E-state index in [-0.39, 0.29) is 5.75 Å². The van der Waals surface area contributed by atoms with Crippen LogP contribution in [0, 0.1) is 6.92 Å². The van der Waals surface area contributed by atoms with Gasteiger partial charge >= 0.3 is 0 Å². The minimum atomic E-state index is -1.10. The van der Waals surface area contributed by atoms with Gasteiger partial charge in [0.15, 0.2) is 0 Å². The van der Waals surface area contributed by atoms with Gasteiger partial charge in [-0.1, -0.05) is 30.3 Å². The molecule has 2 aromatic carbocycles. The maximum absolute atomic E-state index is 10.5. The summed E-state index contributed by atoms with van der Waals surface area (Å²) in [5.41, 5.74) is -0.274. The molecule has 23 heavy (non-hydrogen) atoms. The fraction of sp³-hybridized carbons (Fsp3) is 0.263. The quantitative estimate of drug-likeness (QED) is 0.675. The fourth-order valence-electron chi connectivity index (χ4n) is 2.75. The van der Waals surface area contributed by atoms with Crippen molar-refractivity contribution < 1.29 is 14.6 Å². The van der Waals surface area contributed by atoms with Crippen LogP contribution in [0.25, 0.3) is 10.8 Å². The highest BCUT2D eigenvalue weighted by molar-refractivity contribution is 5.87. The van der Waals surface area contributed by atoms with Crippen LogP contribution in [0.4, 0.5) is 0 Å². The van der Waals surface area contributed by atoms with Crippen LogP contribution in [0.15, 0.2) is 52.9 Å². The summed E-state index contributed by atoms with van der Waals surface area (Å²) in [5, 5.41) is 26.0. The lowest BCUT2D eigenvalue weighted by atomic mass is 10.0. The summed E-state index contributed by atoms with van der Waals surface area (Å²) in [6.45, 7) is 4.34. The predicted molar refractivity (Wildman–Crippen MR) is 90.3 cm³/mol. The van der Waals surface area contributed by atoms with Gasteiger partial charge in [0.2, 0.25) is 0 Å². The third kappa shape index (κ3) is 3.23. The molecule has 0 aliphatic carbocycles. The van der Waals surface area contributed by atoms with Gasteiger partial charge in [-0.3, -0.25) is 0 Å². The molecule has 3 rings (SSSR count). The van der Waals surface area contributed by atoms with E-state index in [9.17, 15) is 10.2 Å². The number of fused-ring (bicyclic) bond motifs is 1. The molecule has 3 N–H and O–H groups in total. The van der Waals surface area contributed by atoms with E-state index in [4.69, 9.17) is 4.42 Å². The van der Waals surface area contributed by atoms with Crippen LogP contribution in [-0.2, 0) is 12.1 Å².